The number of para-hydroxylation sites is 1. The van der Waals surface area contributed by atoms with Gasteiger partial charge in [0.1, 0.15) is 0 Å². The number of pyridine rings is 1. The van der Waals surface area contributed by atoms with Crippen LogP contribution < -0.4 is 9.47 Å². The van der Waals surface area contributed by atoms with Crippen LogP contribution in [0.25, 0.3) is 21.8 Å². The van der Waals surface area contributed by atoms with Crippen LogP contribution in [0.15, 0.2) is 36.4 Å². The number of carboxylic acids is 1. The minimum atomic E-state index is -5.08. The Morgan fingerprint density at radius 3 is 2.35 bits per heavy atom. The summed E-state index contributed by atoms with van der Waals surface area (Å²) in [5.41, 5.74) is 1.68. The van der Waals surface area contributed by atoms with Crippen molar-refractivity contribution in [3.63, 3.8) is 0 Å². The minimum Gasteiger partial charge on any atom is -0.493 e. The highest BCUT2D eigenvalue weighted by atomic mass is 35.5. The average Bonchev–Trinajstić information content (AvgIpc) is 2.70. The second-order valence-electron chi connectivity index (χ2n) is 6.77. The van der Waals surface area contributed by atoms with Crippen molar-refractivity contribution in [3.8, 4) is 11.5 Å². The molecular weight excluding hydrogens is 437 g/mol. The van der Waals surface area contributed by atoms with E-state index in [0.29, 0.717) is 23.1 Å². The quantitative estimate of drug-likeness (QED) is 0.413. The van der Waals surface area contributed by atoms with Crippen molar-refractivity contribution in [2.24, 2.45) is 0 Å². The van der Waals surface area contributed by atoms with E-state index in [4.69, 9.17) is 36.0 Å². The number of benzene rings is 2. The third-order valence-corrected chi connectivity index (χ3v) is 4.56. The van der Waals surface area contributed by atoms with Crippen molar-refractivity contribution in [2.75, 3.05) is 34.4 Å². The molecule has 0 spiro atoms. The van der Waals surface area contributed by atoms with Crippen LogP contribution in [-0.2, 0) is 4.79 Å². The van der Waals surface area contributed by atoms with Crippen LogP contribution in [0.5, 0.6) is 11.5 Å². The molecule has 0 unspecified atom stereocenters. The summed E-state index contributed by atoms with van der Waals surface area (Å²) in [4.78, 5) is 15.7. The average molecular weight is 459 g/mol. The zero-order valence-electron chi connectivity index (χ0n) is 17.2. The Balaban J connectivity index is 0.000000423. The molecule has 168 valence electrons. The Morgan fingerprint density at radius 2 is 1.77 bits per heavy atom. The second kappa shape index (κ2) is 10.5. The summed E-state index contributed by atoms with van der Waals surface area (Å²) >= 11 is 6.58. The van der Waals surface area contributed by atoms with Gasteiger partial charge < -0.3 is 19.5 Å². The summed E-state index contributed by atoms with van der Waals surface area (Å²) in [6, 6.07) is 11.7. The molecule has 0 aliphatic rings. The van der Waals surface area contributed by atoms with Crippen molar-refractivity contribution < 1.29 is 32.5 Å². The number of aromatic nitrogens is 1. The topological polar surface area (TPSA) is 71.9 Å². The molecule has 3 aromatic rings. The molecule has 0 atom stereocenters. The lowest BCUT2D eigenvalue weighted by Gasteiger charge is -2.14. The van der Waals surface area contributed by atoms with Crippen molar-refractivity contribution in [3.05, 3.63) is 41.4 Å². The van der Waals surface area contributed by atoms with E-state index in [1.807, 2.05) is 50.5 Å². The predicted molar refractivity (Wildman–Crippen MR) is 113 cm³/mol. The molecule has 2 aromatic carbocycles. The van der Waals surface area contributed by atoms with Gasteiger partial charge in [-0.2, -0.15) is 13.2 Å². The van der Waals surface area contributed by atoms with E-state index >= 15 is 0 Å². The predicted octanol–water partition coefficient (Wildman–Crippen LogP) is 5.01. The number of ether oxygens (including phenoxy) is 2. The van der Waals surface area contributed by atoms with E-state index < -0.39 is 12.1 Å². The highest BCUT2D eigenvalue weighted by molar-refractivity contribution is 6.40. The second-order valence-corrected chi connectivity index (χ2v) is 7.15. The number of fused-ring (bicyclic) bond motifs is 2. The lowest BCUT2D eigenvalue weighted by atomic mass is 10.1. The number of alkyl halides is 3. The van der Waals surface area contributed by atoms with Crippen LogP contribution in [0.4, 0.5) is 13.2 Å². The Bertz CT molecular complexity index is 1060. The molecular formula is C21H22ClF3N2O4. The summed E-state index contributed by atoms with van der Waals surface area (Å²) in [7, 11) is 5.73. The van der Waals surface area contributed by atoms with Crippen LogP contribution in [-0.4, -0.2) is 61.5 Å². The summed E-state index contributed by atoms with van der Waals surface area (Å²) in [6.45, 7) is 1.60. The van der Waals surface area contributed by atoms with Gasteiger partial charge in [0, 0.05) is 23.4 Å². The van der Waals surface area contributed by atoms with Gasteiger partial charge in [0.05, 0.1) is 29.8 Å². The maximum absolute atomic E-state index is 10.6. The van der Waals surface area contributed by atoms with E-state index in [1.54, 1.807) is 7.11 Å². The number of methoxy groups -OCH3 is 1. The van der Waals surface area contributed by atoms with Crippen LogP contribution in [0.2, 0.25) is 5.02 Å². The van der Waals surface area contributed by atoms with Gasteiger partial charge in [-0.25, -0.2) is 9.78 Å². The molecule has 0 fully saturated rings. The third-order valence-electron chi connectivity index (χ3n) is 4.15. The van der Waals surface area contributed by atoms with Gasteiger partial charge in [0.15, 0.2) is 11.5 Å². The van der Waals surface area contributed by atoms with Gasteiger partial charge in [-0.15, -0.1) is 0 Å². The fourth-order valence-electron chi connectivity index (χ4n) is 2.68. The van der Waals surface area contributed by atoms with E-state index in [-0.39, 0.29) is 0 Å². The molecule has 0 radical (unpaired) electrons. The summed E-state index contributed by atoms with van der Waals surface area (Å²) in [5, 5.41) is 9.62. The van der Waals surface area contributed by atoms with Gasteiger partial charge in [-0.3, -0.25) is 0 Å². The number of carbonyl (C=O) groups is 1. The molecule has 3 rings (SSSR count). The first-order chi connectivity index (χ1) is 14.5. The van der Waals surface area contributed by atoms with Crippen molar-refractivity contribution in [1.29, 1.82) is 0 Å². The number of rotatable bonds is 6. The van der Waals surface area contributed by atoms with Gasteiger partial charge in [0.2, 0.25) is 0 Å². The number of hydrogen-bond acceptors (Lipinski definition) is 5. The molecule has 0 aliphatic carbocycles. The smallest absolute Gasteiger partial charge is 0.490 e. The van der Waals surface area contributed by atoms with Gasteiger partial charge in [-0.05, 0) is 32.6 Å². The first kappa shape index (κ1) is 24.5. The minimum absolute atomic E-state index is 0.626. The van der Waals surface area contributed by atoms with Crippen molar-refractivity contribution >= 4 is 39.4 Å². The van der Waals surface area contributed by atoms with E-state index in [2.05, 4.69) is 4.90 Å². The maximum atomic E-state index is 10.6. The first-order valence-electron chi connectivity index (χ1n) is 9.18. The zero-order valence-corrected chi connectivity index (χ0v) is 17.9. The maximum Gasteiger partial charge on any atom is 0.490 e. The number of nitrogens with zero attached hydrogens (tertiary/aromatic N) is 2. The standard InChI is InChI=1S/C19H21ClN2O2.C2HF3O2/c1-22(2)9-6-10-24-18-12-16-14(11-17(18)23-3)19(20)13-7-4-5-8-15(13)21-16;3-2(4,5)1(6)7/h4-5,7-8,11-12H,6,9-10H2,1-3H3;(H,6,7). The SMILES string of the molecule is COc1cc2c(Cl)c3ccccc3nc2cc1OCCCN(C)C.O=C(O)C(F)(F)F. The molecule has 0 bridgehead atoms. The van der Waals surface area contributed by atoms with E-state index in [0.717, 1.165) is 34.8 Å². The Hall–Kier alpha value is -2.78. The van der Waals surface area contributed by atoms with E-state index in [1.165, 1.54) is 0 Å². The highest BCUT2D eigenvalue weighted by Crippen LogP contribution is 2.37. The fourth-order valence-corrected chi connectivity index (χ4v) is 3.00. The van der Waals surface area contributed by atoms with Crippen molar-refractivity contribution in [2.45, 2.75) is 12.6 Å². The Morgan fingerprint density at radius 1 is 1.13 bits per heavy atom. The number of hydrogen-bond donors (Lipinski definition) is 1. The monoisotopic (exact) mass is 458 g/mol. The highest BCUT2D eigenvalue weighted by Gasteiger charge is 2.38. The molecule has 0 amide bonds. The van der Waals surface area contributed by atoms with Crippen LogP contribution in [0.3, 0.4) is 0 Å². The Labute approximate surface area is 182 Å². The molecule has 0 aliphatic heterocycles. The summed E-state index contributed by atoms with van der Waals surface area (Å²) in [5.74, 6) is -1.39. The molecule has 31 heavy (non-hydrogen) atoms. The lowest BCUT2D eigenvalue weighted by Crippen LogP contribution is -2.21. The van der Waals surface area contributed by atoms with Crippen molar-refractivity contribution in [1.82, 2.24) is 9.88 Å². The van der Waals surface area contributed by atoms with Gasteiger partial charge >= 0.3 is 12.1 Å². The number of halogens is 4. The van der Waals surface area contributed by atoms with E-state index in [9.17, 15) is 13.2 Å². The van der Waals surface area contributed by atoms with Gasteiger partial charge in [0.25, 0.3) is 0 Å². The number of aliphatic carboxylic acids is 1. The molecule has 1 heterocycles. The molecule has 1 aromatic heterocycles. The van der Waals surface area contributed by atoms with Gasteiger partial charge in [-0.1, -0.05) is 29.8 Å². The fraction of sp³-hybridized carbons (Fsp3) is 0.333. The Kier molecular flexibility index (Phi) is 8.29. The summed E-state index contributed by atoms with van der Waals surface area (Å²) < 4.78 is 43.1. The van der Waals surface area contributed by atoms with Crippen LogP contribution >= 0.6 is 11.6 Å². The lowest BCUT2D eigenvalue weighted by molar-refractivity contribution is -0.192. The zero-order chi connectivity index (χ0) is 23.2. The molecule has 0 saturated carbocycles. The molecule has 6 nitrogen and oxygen atoms in total. The first-order valence-corrected chi connectivity index (χ1v) is 9.56. The number of carboxylic acid groups (broad SMARTS) is 1. The van der Waals surface area contributed by atoms with Crippen LogP contribution in [0, 0.1) is 0 Å². The largest absolute Gasteiger partial charge is 0.493 e. The normalized spacial score (nSPS) is 11.4. The summed E-state index contributed by atoms with van der Waals surface area (Å²) in [6.07, 6.45) is -4.14. The molecule has 10 heteroatoms. The molecule has 0 saturated heterocycles. The molecule has 1 N–H and O–H groups in total. The van der Waals surface area contributed by atoms with Crippen LogP contribution in [0.1, 0.15) is 6.42 Å². The third kappa shape index (κ3) is 6.60.